The third-order valence-corrected chi connectivity index (χ3v) is 10.3. The largest absolute Gasteiger partial charge is 0.391 e. The normalized spacial score (nSPS) is 26.7. The standard InChI is InChI=1S/C26H30ClF2NO7S/c1-14(31)23(32)12-37-13-26(34)16-3-4-17(26)10-19(9-16)38(35,36)24-8-15(2-6-20(24)27)25(33)30-18-5-7-21(28)22(29)11-18/h2,5-8,11,14,16-17,19,23,31-32,34H,3-4,9-10,12-13H2,1H3,(H,30,33)/t14-,16+,17?,19+,23-,26+/m1/s1. The number of ether oxygens (including phenoxy) is 1. The minimum Gasteiger partial charge on any atom is -0.391 e. The maximum Gasteiger partial charge on any atom is 0.255 e. The van der Waals surface area contributed by atoms with Crippen LogP contribution < -0.4 is 5.32 Å². The smallest absolute Gasteiger partial charge is 0.255 e. The lowest BCUT2D eigenvalue weighted by atomic mass is 9.75. The van der Waals surface area contributed by atoms with Crippen LogP contribution in [-0.2, 0) is 14.6 Å². The number of sulfone groups is 1. The fraction of sp³-hybridized carbons (Fsp3) is 0.500. The number of carbonyl (C=O) groups excluding carboxylic acids is 1. The molecule has 208 valence electrons. The van der Waals surface area contributed by atoms with Gasteiger partial charge in [-0.25, -0.2) is 17.2 Å². The second-order valence-electron chi connectivity index (χ2n) is 10.2. The number of benzene rings is 2. The molecule has 0 aliphatic heterocycles. The first kappa shape index (κ1) is 28.8. The average Bonchev–Trinajstić information content (AvgIpc) is 3.02. The van der Waals surface area contributed by atoms with Gasteiger partial charge in [-0.05, 0) is 74.8 Å². The lowest BCUT2D eigenvalue weighted by molar-refractivity contribution is -0.129. The van der Waals surface area contributed by atoms with Gasteiger partial charge in [0, 0.05) is 17.3 Å². The van der Waals surface area contributed by atoms with Gasteiger partial charge < -0.3 is 25.4 Å². The number of amides is 1. The zero-order valence-electron chi connectivity index (χ0n) is 20.6. The van der Waals surface area contributed by atoms with Crippen molar-refractivity contribution in [3.05, 3.63) is 58.6 Å². The molecule has 4 N–H and O–H groups in total. The van der Waals surface area contributed by atoms with Crippen molar-refractivity contribution in [3.63, 3.8) is 0 Å². The van der Waals surface area contributed by atoms with Gasteiger partial charge in [0.1, 0.15) is 6.10 Å². The van der Waals surface area contributed by atoms with Crippen molar-refractivity contribution >= 4 is 33.0 Å². The van der Waals surface area contributed by atoms with Gasteiger partial charge in [-0.15, -0.1) is 0 Å². The molecule has 4 rings (SSSR count). The van der Waals surface area contributed by atoms with Gasteiger partial charge in [0.05, 0.1) is 40.1 Å². The topological polar surface area (TPSA) is 133 Å². The Labute approximate surface area is 224 Å². The van der Waals surface area contributed by atoms with Crippen molar-refractivity contribution in [1.29, 1.82) is 0 Å². The van der Waals surface area contributed by atoms with Crippen LogP contribution in [-0.4, -0.2) is 65.9 Å². The Morgan fingerprint density at radius 3 is 2.39 bits per heavy atom. The van der Waals surface area contributed by atoms with E-state index in [0.717, 1.165) is 18.2 Å². The lowest BCUT2D eigenvalue weighted by Gasteiger charge is -2.42. The van der Waals surface area contributed by atoms with Gasteiger partial charge in [0.2, 0.25) is 0 Å². The average molecular weight is 574 g/mol. The molecule has 2 aromatic carbocycles. The minimum absolute atomic E-state index is 0.000387. The molecule has 0 aromatic heterocycles. The van der Waals surface area contributed by atoms with Gasteiger partial charge in [0.25, 0.3) is 5.91 Å². The SMILES string of the molecule is C[C@@H](O)[C@H](O)COC[C@@]1(O)C2CC[C@H]1C[C@H](S(=O)(=O)c1cc(C(=O)Nc3ccc(F)c(F)c3)ccc1Cl)C2. The molecule has 2 fully saturated rings. The molecule has 0 spiro atoms. The van der Waals surface area contributed by atoms with E-state index in [1.807, 2.05) is 0 Å². The molecular formula is C26H30ClF2NO7S. The Hall–Kier alpha value is -2.15. The quantitative estimate of drug-likeness (QED) is 0.362. The number of nitrogens with one attached hydrogen (secondary N) is 1. The molecular weight excluding hydrogens is 544 g/mol. The van der Waals surface area contributed by atoms with Crippen LogP contribution in [0.3, 0.4) is 0 Å². The first-order valence-electron chi connectivity index (χ1n) is 12.3. The van der Waals surface area contributed by atoms with Crippen LogP contribution in [0.1, 0.15) is 43.0 Å². The molecule has 1 amide bonds. The van der Waals surface area contributed by atoms with E-state index in [4.69, 9.17) is 16.3 Å². The summed E-state index contributed by atoms with van der Waals surface area (Å²) in [7, 11) is -4.00. The molecule has 0 heterocycles. The third kappa shape index (κ3) is 5.73. The van der Waals surface area contributed by atoms with E-state index in [1.165, 1.54) is 25.1 Å². The number of halogens is 3. The van der Waals surface area contributed by atoms with Crippen molar-refractivity contribution in [1.82, 2.24) is 0 Å². The highest BCUT2D eigenvalue weighted by atomic mass is 35.5. The molecule has 12 heteroatoms. The Morgan fingerprint density at radius 2 is 1.79 bits per heavy atom. The predicted octanol–water partition coefficient (Wildman–Crippen LogP) is 3.32. The number of anilines is 1. The van der Waals surface area contributed by atoms with Crippen LogP contribution in [0, 0.1) is 23.5 Å². The number of aliphatic hydroxyl groups excluding tert-OH is 2. The summed E-state index contributed by atoms with van der Waals surface area (Å²) in [5.41, 5.74) is -1.28. The summed E-state index contributed by atoms with van der Waals surface area (Å²) in [6.07, 6.45) is -0.526. The van der Waals surface area contributed by atoms with Crippen LogP contribution >= 0.6 is 11.6 Å². The van der Waals surface area contributed by atoms with E-state index in [1.54, 1.807) is 0 Å². The highest BCUT2D eigenvalue weighted by Crippen LogP contribution is 2.52. The van der Waals surface area contributed by atoms with Gasteiger partial charge in [0.15, 0.2) is 21.5 Å². The van der Waals surface area contributed by atoms with Crippen LogP contribution in [0.2, 0.25) is 5.02 Å². The summed E-state index contributed by atoms with van der Waals surface area (Å²) < 4.78 is 59.5. The molecule has 6 atom stereocenters. The van der Waals surface area contributed by atoms with E-state index < -0.39 is 50.4 Å². The fourth-order valence-corrected chi connectivity index (χ4v) is 7.80. The monoisotopic (exact) mass is 573 g/mol. The van der Waals surface area contributed by atoms with Gasteiger partial charge in [-0.2, -0.15) is 0 Å². The van der Waals surface area contributed by atoms with Crippen LogP contribution in [0.15, 0.2) is 41.3 Å². The summed E-state index contributed by atoms with van der Waals surface area (Å²) in [6, 6.07) is 6.65. The molecule has 2 aromatic rings. The first-order valence-corrected chi connectivity index (χ1v) is 14.2. The van der Waals surface area contributed by atoms with E-state index >= 15 is 0 Å². The number of fused-ring (bicyclic) bond motifs is 2. The molecule has 8 nitrogen and oxygen atoms in total. The first-order chi connectivity index (χ1) is 17.8. The highest BCUT2D eigenvalue weighted by molar-refractivity contribution is 7.92. The summed E-state index contributed by atoms with van der Waals surface area (Å²) >= 11 is 6.26. The molecule has 2 aliphatic rings. The van der Waals surface area contributed by atoms with E-state index in [-0.39, 0.29) is 59.1 Å². The number of carbonyl (C=O) groups is 1. The zero-order valence-corrected chi connectivity index (χ0v) is 22.2. The van der Waals surface area contributed by atoms with Gasteiger partial charge in [-0.1, -0.05) is 11.6 Å². The Kier molecular flexibility index (Phi) is 8.46. The van der Waals surface area contributed by atoms with E-state index in [0.29, 0.717) is 12.8 Å². The Morgan fingerprint density at radius 1 is 1.13 bits per heavy atom. The molecule has 0 radical (unpaired) electrons. The molecule has 2 saturated carbocycles. The summed E-state index contributed by atoms with van der Waals surface area (Å²) in [5, 5.41) is 32.0. The van der Waals surface area contributed by atoms with E-state index in [2.05, 4.69) is 5.32 Å². The minimum atomic E-state index is -4.00. The van der Waals surface area contributed by atoms with Crippen molar-refractivity contribution in [2.75, 3.05) is 18.5 Å². The fourth-order valence-electron chi connectivity index (χ4n) is 5.40. The number of rotatable bonds is 9. The highest BCUT2D eigenvalue weighted by Gasteiger charge is 2.56. The van der Waals surface area contributed by atoms with Crippen molar-refractivity contribution in [3.8, 4) is 0 Å². The maximum atomic E-state index is 13.7. The number of hydrogen-bond acceptors (Lipinski definition) is 7. The molecule has 2 aliphatic carbocycles. The van der Waals surface area contributed by atoms with Crippen LogP contribution in [0.5, 0.6) is 0 Å². The maximum absolute atomic E-state index is 13.7. The predicted molar refractivity (Wildman–Crippen MR) is 136 cm³/mol. The molecule has 0 saturated heterocycles. The van der Waals surface area contributed by atoms with Gasteiger partial charge >= 0.3 is 0 Å². The van der Waals surface area contributed by atoms with Crippen molar-refractivity contribution in [2.24, 2.45) is 11.8 Å². The van der Waals surface area contributed by atoms with Crippen molar-refractivity contribution < 1.29 is 42.0 Å². The van der Waals surface area contributed by atoms with Crippen molar-refractivity contribution in [2.45, 2.75) is 60.6 Å². The Bertz CT molecular complexity index is 1290. The lowest BCUT2D eigenvalue weighted by Crippen LogP contribution is -2.51. The van der Waals surface area contributed by atoms with Crippen LogP contribution in [0.25, 0.3) is 0 Å². The molecule has 2 bridgehead atoms. The summed E-state index contributed by atoms with van der Waals surface area (Å²) in [6.45, 7) is 1.18. The van der Waals surface area contributed by atoms with Crippen LogP contribution in [0.4, 0.5) is 14.5 Å². The summed E-state index contributed by atoms with van der Waals surface area (Å²) in [4.78, 5) is 12.5. The second-order valence-corrected chi connectivity index (χ2v) is 12.8. The Balaban J connectivity index is 1.49. The zero-order chi connectivity index (χ0) is 27.8. The number of hydrogen-bond donors (Lipinski definition) is 4. The van der Waals surface area contributed by atoms with E-state index in [9.17, 15) is 37.3 Å². The molecule has 38 heavy (non-hydrogen) atoms. The molecule has 1 unspecified atom stereocenters. The third-order valence-electron chi connectivity index (χ3n) is 7.67. The second kappa shape index (κ2) is 11.1. The number of aliphatic hydroxyl groups is 3. The van der Waals surface area contributed by atoms with Gasteiger partial charge in [-0.3, -0.25) is 4.79 Å². The summed E-state index contributed by atoms with van der Waals surface area (Å²) in [5.74, 6) is -3.65.